The topological polar surface area (TPSA) is 59.2 Å². The fraction of sp³-hybridized carbons (Fsp3) is 0.316. The zero-order chi connectivity index (χ0) is 17.2. The molecular formula is C19H19N3O2S. The minimum absolute atomic E-state index is 0.0212. The van der Waals surface area contributed by atoms with E-state index in [1.54, 1.807) is 0 Å². The SMILES string of the molecule is Cc1cc(C2CCCN2C(=O)c2csc(Cc3ccccc3)n2)on1. The molecule has 0 spiro atoms. The van der Waals surface area contributed by atoms with Crippen LogP contribution in [0.4, 0.5) is 0 Å². The summed E-state index contributed by atoms with van der Waals surface area (Å²) in [6.45, 7) is 2.62. The van der Waals surface area contributed by atoms with Crippen molar-refractivity contribution in [3.8, 4) is 0 Å². The second kappa shape index (κ2) is 6.80. The van der Waals surface area contributed by atoms with Gasteiger partial charge < -0.3 is 9.42 Å². The molecule has 0 aliphatic carbocycles. The number of hydrogen-bond acceptors (Lipinski definition) is 5. The Bertz CT molecular complexity index is 872. The maximum Gasteiger partial charge on any atom is 0.273 e. The van der Waals surface area contributed by atoms with Crippen molar-refractivity contribution in [2.24, 2.45) is 0 Å². The number of benzene rings is 1. The molecule has 1 aliphatic rings. The Labute approximate surface area is 150 Å². The fourth-order valence-corrected chi connectivity index (χ4v) is 4.06. The third-order valence-electron chi connectivity index (χ3n) is 4.46. The average molecular weight is 353 g/mol. The first-order valence-electron chi connectivity index (χ1n) is 8.43. The first-order chi connectivity index (χ1) is 12.2. The molecule has 2 aromatic heterocycles. The zero-order valence-corrected chi connectivity index (χ0v) is 14.8. The van der Waals surface area contributed by atoms with Gasteiger partial charge in [0.1, 0.15) is 5.69 Å². The number of thiazole rings is 1. The summed E-state index contributed by atoms with van der Waals surface area (Å²) in [6.07, 6.45) is 2.63. The number of aromatic nitrogens is 2. The molecular weight excluding hydrogens is 334 g/mol. The Hall–Kier alpha value is -2.47. The van der Waals surface area contributed by atoms with Crippen LogP contribution in [0.1, 0.15) is 51.4 Å². The molecule has 1 atom stereocenters. The standard InChI is InChI=1S/C19H19N3O2S/c1-13-10-17(24-21-13)16-8-5-9-22(16)19(23)15-12-25-18(20-15)11-14-6-3-2-4-7-14/h2-4,6-7,10,12,16H,5,8-9,11H2,1H3. The van der Waals surface area contributed by atoms with E-state index in [0.717, 1.165) is 42.3 Å². The van der Waals surface area contributed by atoms with E-state index in [0.29, 0.717) is 5.69 Å². The minimum Gasteiger partial charge on any atom is -0.359 e. The molecule has 0 N–H and O–H groups in total. The number of hydrogen-bond donors (Lipinski definition) is 0. The second-order valence-electron chi connectivity index (χ2n) is 6.32. The van der Waals surface area contributed by atoms with Crippen molar-refractivity contribution in [1.29, 1.82) is 0 Å². The molecule has 1 saturated heterocycles. The molecule has 1 aromatic carbocycles. The quantitative estimate of drug-likeness (QED) is 0.711. The van der Waals surface area contributed by atoms with E-state index in [9.17, 15) is 4.79 Å². The Morgan fingerprint density at radius 2 is 2.20 bits per heavy atom. The van der Waals surface area contributed by atoms with Crippen LogP contribution in [0.25, 0.3) is 0 Å². The highest BCUT2D eigenvalue weighted by molar-refractivity contribution is 7.09. The van der Waals surface area contributed by atoms with E-state index < -0.39 is 0 Å². The van der Waals surface area contributed by atoms with Crippen LogP contribution in [0.15, 0.2) is 46.3 Å². The van der Waals surface area contributed by atoms with Gasteiger partial charge in [-0.25, -0.2) is 4.98 Å². The summed E-state index contributed by atoms with van der Waals surface area (Å²) in [4.78, 5) is 19.3. The molecule has 1 amide bonds. The lowest BCUT2D eigenvalue weighted by atomic mass is 10.1. The van der Waals surface area contributed by atoms with E-state index >= 15 is 0 Å². The van der Waals surface area contributed by atoms with E-state index in [2.05, 4.69) is 22.3 Å². The maximum absolute atomic E-state index is 12.9. The van der Waals surface area contributed by atoms with Crippen LogP contribution in [0.3, 0.4) is 0 Å². The van der Waals surface area contributed by atoms with Crippen LogP contribution in [-0.4, -0.2) is 27.5 Å². The largest absolute Gasteiger partial charge is 0.359 e. The van der Waals surface area contributed by atoms with Gasteiger partial charge >= 0.3 is 0 Å². The Kier molecular flexibility index (Phi) is 4.36. The first kappa shape index (κ1) is 16.0. The molecule has 3 heterocycles. The lowest BCUT2D eigenvalue weighted by Crippen LogP contribution is -2.30. The first-order valence-corrected chi connectivity index (χ1v) is 9.31. The molecule has 1 aliphatic heterocycles. The van der Waals surface area contributed by atoms with Gasteiger partial charge in [0, 0.05) is 24.4 Å². The number of carbonyl (C=O) groups is 1. The summed E-state index contributed by atoms with van der Waals surface area (Å²) >= 11 is 1.54. The van der Waals surface area contributed by atoms with Gasteiger partial charge in [-0.1, -0.05) is 35.5 Å². The number of likely N-dealkylation sites (tertiary alicyclic amines) is 1. The molecule has 6 heteroatoms. The number of aryl methyl sites for hydroxylation is 1. The van der Waals surface area contributed by atoms with Crippen LogP contribution in [0.2, 0.25) is 0 Å². The Morgan fingerprint density at radius 1 is 1.36 bits per heavy atom. The van der Waals surface area contributed by atoms with Gasteiger partial charge in [0.15, 0.2) is 5.76 Å². The van der Waals surface area contributed by atoms with Crippen LogP contribution in [0.5, 0.6) is 0 Å². The molecule has 3 aromatic rings. The predicted octanol–water partition coefficient (Wildman–Crippen LogP) is 4.01. The molecule has 0 bridgehead atoms. The Balaban J connectivity index is 1.51. The van der Waals surface area contributed by atoms with Crippen LogP contribution in [-0.2, 0) is 6.42 Å². The van der Waals surface area contributed by atoms with Gasteiger partial charge in [-0.05, 0) is 25.3 Å². The van der Waals surface area contributed by atoms with Crippen molar-refractivity contribution in [3.63, 3.8) is 0 Å². The summed E-state index contributed by atoms with van der Waals surface area (Å²) in [5.41, 5.74) is 2.57. The van der Waals surface area contributed by atoms with Crippen LogP contribution in [0, 0.1) is 6.92 Å². The van der Waals surface area contributed by atoms with E-state index in [-0.39, 0.29) is 11.9 Å². The minimum atomic E-state index is -0.0343. The van der Waals surface area contributed by atoms with Crippen molar-refractivity contribution in [3.05, 3.63) is 69.5 Å². The van der Waals surface area contributed by atoms with Gasteiger partial charge in [0.25, 0.3) is 5.91 Å². The van der Waals surface area contributed by atoms with Crippen LogP contribution >= 0.6 is 11.3 Å². The summed E-state index contributed by atoms with van der Waals surface area (Å²) in [5, 5.41) is 6.77. The Morgan fingerprint density at radius 3 is 2.96 bits per heavy atom. The molecule has 25 heavy (non-hydrogen) atoms. The summed E-state index contributed by atoms with van der Waals surface area (Å²) < 4.78 is 5.39. The number of rotatable bonds is 4. The average Bonchev–Trinajstić information content (AvgIpc) is 3.35. The lowest BCUT2D eigenvalue weighted by Gasteiger charge is -2.21. The lowest BCUT2D eigenvalue weighted by molar-refractivity contribution is 0.0709. The summed E-state index contributed by atoms with van der Waals surface area (Å²) in [6, 6.07) is 12.1. The van der Waals surface area contributed by atoms with Gasteiger partial charge in [-0.15, -0.1) is 11.3 Å². The van der Waals surface area contributed by atoms with Gasteiger partial charge in [0.2, 0.25) is 0 Å². The second-order valence-corrected chi connectivity index (χ2v) is 7.26. The third kappa shape index (κ3) is 3.35. The van der Waals surface area contributed by atoms with Crippen molar-refractivity contribution in [2.75, 3.05) is 6.54 Å². The number of amides is 1. The van der Waals surface area contributed by atoms with E-state index in [1.165, 1.54) is 16.9 Å². The molecule has 1 fully saturated rings. The molecule has 1 unspecified atom stereocenters. The smallest absolute Gasteiger partial charge is 0.273 e. The maximum atomic E-state index is 12.9. The molecule has 0 radical (unpaired) electrons. The van der Waals surface area contributed by atoms with Crippen LogP contribution < -0.4 is 0 Å². The molecule has 128 valence electrons. The van der Waals surface area contributed by atoms with Gasteiger partial charge in [-0.2, -0.15) is 0 Å². The molecule has 4 rings (SSSR count). The normalized spacial score (nSPS) is 17.2. The zero-order valence-electron chi connectivity index (χ0n) is 14.0. The number of carbonyl (C=O) groups excluding carboxylic acids is 1. The highest BCUT2D eigenvalue weighted by Gasteiger charge is 2.34. The summed E-state index contributed by atoms with van der Waals surface area (Å²) in [5.74, 6) is 0.746. The predicted molar refractivity (Wildman–Crippen MR) is 95.6 cm³/mol. The van der Waals surface area contributed by atoms with Crippen molar-refractivity contribution < 1.29 is 9.32 Å². The third-order valence-corrected chi connectivity index (χ3v) is 5.31. The molecule has 5 nitrogen and oxygen atoms in total. The van der Waals surface area contributed by atoms with Crippen molar-refractivity contribution in [2.45, 2.75) is 32.2 Å². The monoisotopic (exact) mass is 353 g/mol. The number of nitrogens with zero attached hydrogens (tertiary/aromatic N) is 3. The van der Waals surface area contributed by atoms with Crippen molar-refractivity contribution in [1.82, 2.24) is 15.0 Å². The highest BCUT2D eigenvalue weighted by Crippen LogP contribution is 2.33. The molecule has 0 saturated carbocycles. The highest BCUT2D eigenvalue weighted by atomic mass is 32.1. The van der Waals surface area contributed by atoms with E-state index in [4.69, 9.17) is 4.52 Å². The van der Waals surface area contributed by atoms with Crippen molar-refractivity contribution >= 4 is 17.2 Å². The van der Waals surface area contributed by atoms with E-state index in [1.807, 2.05) is 41.5 Å². The van der Waals surface area contributed by atoms with Gasteiger partial charge in [0.05, 0.1) is 16.7 Å². The van der Waals surface area contributed by atoms with Gasteiger partial charge in [-0.3, -0.25) is 4.79 Å². The summed E-state index contributed by atoms with van der Waals surface area (Å²) in [7, 11) is 0. The fourth-order valence-electron chi connectivity index (χ4n) is 3.25.